The molecule has 1 aliphatic heterocycles. The molecule has 4 atom stereocenters. The van der Waals surface area contributed by atoms with Gasteiger partial charge in [-0.25, -0.2) is 17.2 Å². The Morgan fingerprint density at radius 3 is 2.56 bits per heavy atom. The molecule has 1 aromatic carbocycles. The Hall–Kier alpha value is -1.58. The van der Waals surface area contributed by atoms with E-state index in [9.17, 15) is 22.0 Å². The summed E-state index contributed by atoms with van der Waals surface area (Å²) in [6.45, 7) is 4.24. The zero-order chi connectivity index (χ0) is 19.8. The van der Waals surface area contributed by atoms with E-state index in [0.717, 1.165) is 6.07 Å². The molecule has 1 aromatic rings. The van der Waals surface area contributed by atoms with Gasteiger partial charge < -0.3 is 10.1 Å². The Kier molecular flexibility index (Phi) is 5.83. The summed E-state index contributed by atoms with van der Waals surface area (Å²) in [7, 11) is -3.49. The van der Waals surface area contributed by atoms with Gasteiger partial charge in [0.25, 0.3) is 0 Å². The third-order valence-electron chi connectivity index (χ3n) is 4.93. The summed E-state index contributed by atoms with van der Waals surface area (Å²) in [6, 6.07) is 3.33. The number of nitrogens with zero attached hydrogens (tertiary/aromatic N) is 1. The second kappa shape index (κ2) is 7.81. The number of carbonyl (C=O) groups is 1. The third kappa shape index (κ3) is 4.83. The van der Waals surface area contributed by atoms with Crippen molar-refractivity contribution >= 4 is 15.9 Å². The van der Waals surface area contributed by atoms with Gasteiger partial charge in [-0.05, 0) is 37.8 Å². The number of amides is 1. The summed E-state index contributed by atoms with van der Waals surface area (Å²) >= 11 is 0. The Morgan fingerprint density at radius 2 is 1.93 bits per heavy atom. The van der Waals surface area contributed by atoms with Crippen molar-refractivity contribution in [3.63, 3.8) is 0 Å². The molecule has 9 heteroatoms. The van der Waals surface area contributed by atoms with E-state index in [4.69, 9.17) is 4.74 Å². The van der Waals surface area contributed by atoms with Crippen LogP contribution >= 0.6 is 0 Å². The van der Waals surface area contributed by atoms with Crippen molar-refractivity contribution in [3.05, 3.63) is 35.4 Å². The summed E-state index contributed by atoms with van der Waals surface area (Å²) in [5.41, 5.74) is 0.320. The summed E-state index contributed by atoms with van der Waals surface area (Å²) in [5, 5.41) is 2.62. The number of hydrogen-bond donors (Lipinski definition) is 1. The first-order chi connectivity index (χ1) is 12.7. The lowest BCUT2D eigenvalue weighted by atomic mass is 10.1. The van der Waals surface area contributed by atoms with Crippen molar-refractivity contribution in [1.29, 1.82) is 0 Å². The first kappa shape index (κ1) is 20.2. The molecular formula is C18H24F2N2O4S. The predicted octanol–water partition coefficient (Wildman–Crippen LogP) is 1.62. The van der Waals surface area contributed by atoms with Gasteiger partial charge in [0.1, 0.15) is 11.6 Å². The van der Waals surface area contributed by atoms with Gasteiger partial charge in [-0.1, -0.05) is 6.07 Å². The Labute approximate surface area is 157 Å². The molecule has 3 rings (SSSR count). The average Bonchev–Trinajstić information content (AvgIpc) is 3.34. The van der Waals surface area contributed by atoms with E-state index < -0.39 is 27.6 Å². The third-order valence-corrected chi connectivity index (χ3v) is 6.73. The van der Waals surface area contributed by atoms with Gasteiger partial charge in [-0.2, -0.15) is 4.31 Å². The van der Waals surface area contributed by atoms with Crippen molar-refractivity contribution in [1.82, 2.24) is 9.62 Å². The van der Waals surface area contributed by atoms with Crippen LogP contribution in [0.5, 0.6) is 0 Å². The van der Waals surface area contributed by atoms with E-state index in [1.807, 2.05) is 13.8 Å². The molecule has 0 bridgehead atoms. The average molecular weight is 402 g/mol. The molecule has 6 nitrogen and oxygen atoms in total. The molecule has 27 heavy (non-hydrogen) atoms. The highest BCUT2D eigenvalue weighted by molar-refractivity contribution is 7.89. The number of sulfonamides is 1. The van der Waals surface area contributed by atoms with Crippen LogP contribution in [-0.2, 0) is 19.6 Å². The topological polar surface area (TPSA) is 75.7 Å². The Bertz CT molecular complexity index is 808. The molecule has 1 heterocycles. The maximum absolute atomic E-state index is 13.8. The molecule has 0 radical (unpaired) electrons. The van der Waals surface area contributed by atoms with E-state index in [1.165, 1.54) is 16.4 Å². The number of rotatable bonds is 6. The Balaban J connectivity index is 1.49. The molecule has 1 saturated heterocycles. The number of nitrogens with one attached hydrogen (secondary N) is 1. The van der Waals surface area contributed by atoms with Crippen LogP contribution in [0.2, 0.25) is 0 Å². The van der Waals surface area contributed by atoms with E-state index in [2.05, 4.69) is 5.32 Å². The molecule has 150 valence electrons. The van der Waals surface area contributed by atoms with Crippen molar-refractivity contribution < 1.29 is 26.7 Å². The van der Waals surface area contributed by atoms with Crippen LogP contribution in [0.1, 0.15) is 31.7 Å². The van der Waals surface area contributed by atoms with Crippen molar-refractivity contribution in [2.75, 3.05) is 25.4 Å². The van der Waals surface area contributed by atoms with Crippen LogP contribution in [0.25, 0.3) is 0 Å². The summed E-state index contributed by atoms with van der Waals surface area (Å²) in [5.74, 6) is -2.51. The van der Waals surface area contributed by atoms with Gasteiger partial charge >= 0.3 is 0 Å². The number of morpholine rings is 1. The zero-order valence-electron chi connectivity index (χ0n) is 15.3. The maximum atomic E-state index is 13.8. The highest BCUT2D eigenvalue weighted by atomic mass is 32.2. The lowest BCUT2D eigenvalue weighted by molar-refractivity contribution is -0.122. The molecule has 1 N–H and O–H groups in total. The molecule has 2 fully saturated rings. The minimum Gasteiger partial charge on any atom is -0.373 e. The molecule has 2 aliphatic rings. The number of benzene rings is 1. The molecule has 0 aromatic heterocycles. The highest BCUT2D eigenvalue weighted by Crippen LogP contribution is 2.48. The second-order valence-electron chi connectivity index (χ2n) is 7.30. The quantitative estimate of drug-likeness (QED) is 0.785. The number of carbonyl (C=O) groups excluding carboxylic acids is 1. The Morgan fingerprint density at radius 1 is 1.26 bits per heavy atom. The van der Waals surface area contributed by atoms with Crippen LogP contribution in [0.3, 0.4) is 0 Å². The van der Waals surface area contributed by atoms with Crippen LogP contribution in [0, 0.1) is 17.6 Å². The van der Waals surface area contributed by atoms with Gasteiger partial charge in [0, 0.05) is 31.6 Å². The predicted molar refractivity (Wildman–Crippen MR) is 95.6 cm³/mol. The van der Waals surface area contributed by atoms with Crippen LogP contribution in [0.15, 0.2) is 18.2 Å². The highest BCUT2D eigenvalue weighted by Gasteiger charge is 2.45. The fraction of sp³-hybridized carbons (Fsp3) is 0.611. The molecule has 1 aliphatic carbocycles. The largest absolute Gasteiger partial charge is 0.373 e. The van der Waals surface area contributed by atoms with E-state index in [1.54, 1.807) is 0 Å². The van der Waals surface area contributed by atoms with Crippen LogP contribution in [-0.4, -0.2) is 56.2 Å². The van der Waals surface area contributed by atoms with E-state index in [0.29, 0.717) is 25.1 Å². The minimum absolute atomic E-state index is 0.00357. The van der Waals surface area contributed by atoms with Crippen molar-refractivity contribution in [2.45, 2.75) is 38.4 Å². The first-order valence-electron chi connectivity index (χ1n) is 9.03. The standard InChI is InChI=1S/C18H24F2N2O4S/c1-11-9-22(10-12(2)26-11)27(24,25)6-5-21-18(23)16-8-15(16)14-4-3-13(19)7-17(14)20/h3-4,7,11-12,15-16H,5-6,8-10H2,1-2H3,(H,21,23). The number of hydrogen-bond acceptors (Lipinski definition) is 4. The number of ether oxygens (including phenoxy) is 1. The fourth-order valence-electron chi connectivity index (χ4n) is 3.55. The second-order valence-corrected chi connectivity index (χ2v) is 9.38. The van der Waals surface area contributed by atoms with Crippen LogP contribution in [0.4, 0.5) is 8.78 Å². The molecule has 0 spiro atoms. The van der Waals surface area contributed by atoms with Gasteiger partial charge in [-0.3, -0.25) is 4.79 Å². The molecule has 1 amide bonds. The normalized spacial score (nSPS) is 28.7. The minimum atomic E-state index is -3.49. The lowest BCUT2D eigenvalue weighted by Gasteiger charge is -2.34. The number of halogens is 2. The summed E-state index contributed by atoms with van der Waals surface area (Å²) in [6.07, 6.45) is 0.131. The van der Waals surface area contributed by atoms with E-state index in [-0.39, 0.29) is 36.3 Å². The monoisotopic (exact) mass is 402 g/mol. The summed E-state index contributed by atoms with van der Waals surface area (Å²) in [4.78, 5) is 12.2. The molecule has 1 saturated carbocycles. The molecular weight excluding hydrogens is 378 g/mol. The SMILES string of the molecule is CC1CN(S(=O)(=O)CCNC(=O)C2CC2c2ccc(F)cc2F)CC(C)O1. The van der Waals surface area contributed by atoms with Gasteiger partial charge in [0.2, 0.25) is 15.9 Å². The van der Waals surface area contributed by atoms with Gasteiger partial charge in [-0.15, -0.1) is 0 Å². The van der Waals surface area contributed by atoms with Crippen molar-refractivity contribution in [3.8, 4) is 0 Å². The van der Waals surface area contributed by atoms with E-state index >= 15 is 0 Å². The molecule has 4 unspecified atom stereocenters. The fourth-order valence-corrected chi connectivity index (χ4v) is 5.04. The summed E-state index contributed by atoms with van der Waals surface area (Å²) < 4.78 is 58.6. The lowest BCUT2D eigenvalue weighted by Crippen LogP contribution is -2.49. The zero-order valence-corrected chi connectivity index (χ0v) is 16.1. The smallest absolute Gasteiger partial charge is 0.223 e. The van der Waals surface area contributed by atoms with Crippen molar-refractivity contribution in [2.24, 2.45) is 5.92 Å². The van der Waals surface area contributed by atoms with Crippen LogP contribution < -0.4 is 5.32 Å². The van der Waals surface area contributed by atoms with Gasteiger partial charge in [0.05, 0.1) is 18.0 Å². The maximum Gasteiger partial charge on any atom is 0.223 e. The van der Waals surface area contributed by atoms with Gasteiger partial charge in [0.15, 0.2) is 0 Å². The first-order valence-corrected chi connectivity index (χ1v) is 10.6.